The first-order chi connectivity index (χ1) is 8.62. The third-order valence-electron chi connectivity index (χ3n) is 3.08. The molecule has 1 unspecified atom stereocenters. The molecule has 1 aliphatic rings. The third-order valence-corrected chi connectivity index (χ3v) is 3.08. The van der Waals surface area contributed by atoms with Crippen LogP contribution in [0.25, 0.3) is 0 Å². The lowest BCUT2D eigenvalue weighted by molar-refractivity contribution is -0.146. The maximum absolute atomic E-state index is 12.8. The third kappa shape index (κ3) is 2.86. The Morgan fingerprint density at radius 2 is 1.37 bits per heavy atom. The van der Waals surface area contributed by atoms with Crippen LogP contribution in [0.4, 0.5) is 26.3 Å². The Morgan fingerprint density at radius 1 is 0.947 bits per heavy atom. The first-order valence-corrected chi connectivity index (χ1v) is 5.57. The van der Waals surface area contributed by atoms with E-state index in [2.05, 4.69) is 0 Å². The summed E-state index contributed by atoms with van der Waals surface area (Å²) in [6, 6.07) is 1.83. The molecular weight excluding hydrogens is 274 g/mol. The van der Waals surface area contributed by atoms with E-state index < -0.39 is 41.1 Å². The second kappa shape index (κ2) is 4.40. The Labute approximate surface area is 104 Å². The highest BCUT2D eigenvalue weighted by Crippen LogP contribution is 2.48. The first-order valence-electron chi connectivity index (χ1n) is 5.57. The summed E-state index contributed by atoms with van der Waals surface area (Å²) < 4.78 is 76.7. The first kappa shape index (κ1) is 14.2. The van der Waals surface area contributed by atoms with Crippen LogP contribution >= 0.6 is 0 Å². The fourth-order valence-electron chi connectivity index (χ4n) is 2.03. The summed E-state index contributed by atoms with van der Waals surface area (Å²) in [4.78, 5) is 0. The van der Waals surface area contributed by atoms with E-state index in [0.717, 1.165) is 0 Å². The van der Waals surface area contributed by atoms with E-state index in [-0.39, 0.29) is 0 Å². The molecule has 1 atom stereocenters. The van der Waals surface area contributed by atoms with Gasteiger partial charge in [0.15, 0.2) is 0 Å². The minimum Gasteiger partial charge on any atom is -0.388 e. The predicted molar refractivity (Wildman–Crippen MR) is 54.1 cm³/mol. The highest BCUT2D eigenvalue weighted by molar-refractivity contribution is 5.41. The molecule has 1 aliphatic carbocycles. The zero-order valence-corrected chi connectivity index (χ0v) is 9.52. The number of alkyl halides is 6. The van der Waals surface area contributed by atoms with Gasteiger partial charge in [-0.2, -0.15) is 26.3 Å². The highest BCUT2D eigenvalue weighted by Gasteiger charge is 2.45. The van der Waals surface area contributed by atoms with Crippen molar-refractivity contribution in [3.05, 3.63) is 34.9 Å². The summed E-state index contributed by atoms with van der Waals surface area (Å²) in [6.45, 7) is 0. The van der Waals surface area contributed by atoms with Gasteiger partial charge in [0.05, 0.1) is 17.2 Å². The van der Waals surface area contributed by atoms with Crippen LogP contribution in [-0.2, 0) is 12.4 Å². The highest BCUT2D eigenvalue weighted by atomic mass is 19.4. The molecule has 1 aromatic rings. The van der Waals surface area contributed by atoms with Crippen molar-refractivity contribution >= 4 is 0 Å². The number of rotatable bonds is 2. The molecule has 2 rings (SSSR count). The Bertz CT molecular complexity index is 440. The van der Waals surface area contributed by atoms with Crippen LogP contribution in [0.3, 0.4) is 0 Å². The second-order valence-corrected chi connectivity index (χ2v) is 4.54. The van der Waals surface area contributed by atoms with Gasteiger partial charge in [-0.15, -0.1) is 0 Å². The largest absolute Gasteiger partial charge is 0.416 e. The monoisotopic (exact) mass is 284 g/mol. The molecule has 1 aromatic carbocycles. The standard InChI is InChI=1S/C12H10F6O/c13-11(14,15)7-2-1-3-8(12(16,17)18)9(7)10(19)6-4-5-6/h1-3,6,10,19H,4-5H2. The normalized spacial score (nSPS) is 18.5. The van der Waals surface area contributed by atoms with E-state index in [1.54, 1.807) is 0 Å². The maximum Gasteiger partial charge on any atom is 0.416 e. The van der Waals surface area contributed by atoms with Crippen LogP contribution in [0.2, 0.25) is 0 Å². The van der Waals surface area contributed by atoms with Crippen LogP contribution in [0.1, 0.15) is 35.6 Å². The van der Waals surface area contributed by atoms with Crippen molar-refractivity contribution in [3.8, 4) is 0 Å². The topological polar surface area (TPSA) is 20.2 Å². The maximum atomic E-state index is 12.8. The van der Waals surface area contributed by atoms with Crippen LogP contribution in [0, 0.1) is 5.92 Å². The van der Waals surface area contributed by atoms with Crippen LogP contribution in [-0.4, -0.2) is 5.11 Å². The van der Waals surface area contributed by atoms with Crippen molar-refractivity contribution in [2.24, 2.45) is 5.92 Å². The van der Waals surface area contributed by atoms with E-state index in [4.69, 9.17) is 0 Å². The van der Waals surface area contributed by atoms with Crippen LogP contribution < -0.4 is 0 Å². The summed E-state index contributed by atoms with van der Waals surface area (Å²) in [6.07, 6.45) is -10.7. The molecule has 0 spiro atoms. The van der Waals surface area contributed by atoms with Gasteiger partial charge in [-0.25, -0.2) is 0 Å². The second-order valence-electron chi connectivity index (χ2n) is 4.54. The zero-order valence-electron chi connectivity index (χ0n) is 9.52. The summed E-state index contributed by atoms with van der Waals surface area (Å²) in [7, 11) is 0. The lowest BCUT2D eigenvalue weighted by Crippen LogP contribution is -2.19. The van der Waals surface area contributed by atoms with E-state index in [1.165, 1.54) is 0 Å². The van der Waals surface area contributed by atoms with Crippen molar-refractivity contribution < 1.29 is 31.4 Å². The summed E-state index contributed by atoms with van der Waals surface area (Å²) in [5.41, 5.74) is -3.88. The minimum absolute atomic E-state index is 0.435. The zero-order chi connectivity index (χ0) is 14.4. The van der Waals surface area contributed by atoms with E-state index in [0.29, 0.717) is 31.0 Å². The van der Waals surface area contributed by atoms with Gasteiger partial charge < -0.3 is 5.11 Å². The average molecular weight is 284 g/mol. The molecule has 0 radical (unpaired) electrons. The number of benzene rings is 1. The van der Waals surface area contributed by atoms with Gasteiger partial charge in [-0.05, 0) is 30.9 Å². The van der Waals surface area contributed by atoms with Gasteiger partial charge in [0.25, 0.3) is 0 Å². The number of aliphatic hydroxyl groups is 1. The van der Waals surface area contributed by atoms with Gasteiger partial charge in [0, 0.05) is 5.56 Å². The van der Waals surface area contributed by atoms with Gasteiger partial charge in [-0.1, -0.05) is 6.07 Å². The van der Waals surface area contributed by atoms with Gasteiger partial charge in [0.2, 0.25) is 0 Å². The molecule has 1 saturated carbocycles. The Kier molecular flexibility index (Phi) is 3.28. The summed E-state index contributed by atoms with van der Waals surface area (Å²) in [5, 5.41) is 9.75. The Morgan fingerprint density at radius 3 is 1.68 bits per heavy atom. The number of hydrogen-bond acceptors (Lipinski definition) is 1. The quantitative estimate of drug-likeness (QED) is 0.808. The molecule has 0 bridgehead atoms. The molecule has 19 heavy (non-hydrogen) atoms. The van der Waals surface area contributed by atoms with Gasteiger partial charge in [0.1, 0.15) is 0 Å². The SMILES string of the molecule is OC(c1c(C(F)(F)F)cccc1C(F)(F)F)C1CC1. The van der Waals surface area contributed by atoms with Crippen LogP contribution in [0.5, 0.6) is 0 Å². The molecule has 0 aromatic heterocycles. The van der Waals surface area contributed by atoms with E-state index in [1.807, 2.05) is 0 Å². The number of hydrogen-bond donors (Lipinski definition) is 1. The Balaban J connectivity index is 2.61. The van der Waals surface area contributed by atoms with Crippen molar-refractivity contribution in [2.45, 2.75) is 31.3 Å². The molecule has 0 amide bonds. The van der Waals surface area contributed by atoms with Gasteiger partial charge >= 0.3 is 12.4 Å². The van der Waals surface area contributed by atoms with Crippen molar-refractivity contribution in [2.75, 3.05) is 0 Å². The van der Waals surface area contributed by atoms with Crippen molar-refractivity contribution in [3.63, 3.8) is 0 Å². The molecular formula is C12H10F6O. The van der Waals surface area contributed by atoms with Gasteiger partial charge in [-0.3, -0.25) is 0 Å². The van der Waals surface area contributed by atoms with E-state index >= 15 is 0 Å². The number of halogens is 6. The molecule has 1 fully saturated rings. The minimum atomic E-state index is -4.92. The summed E-state index contributed by atoms with van der Waals surface area (Å²) in [5.74, 6) is -0.524. The molecule has 0 aliphatic heterocycles. The molecule has 0 saturated heterocycles. The summed E-state index contributed by atoms with van der Waals surface area (Å²) >= 11 is 0. The lowest BCUT2D eigenvalue weighted by atomic mass is 9.93. The smallest absolute Gasteiger partial charge is 0.388 e. The fourth-order valence-corrected chi connectivity index (χ4v) is 2.03. The average Bonchev–Trinajstić information content (AvgIpc) is 3.08. The molecule has 0 heterocycles. The molecule has 106 valence electrons. The Hall–Kier alpha value is -1.24. The predicted octanol–water partition coefficient (Wildman–Crippen LogP) is 4.17. The fraction of sp³-hybridized carbons (Fsp3) is 0.500. The molecule has 1 N–H and O–H groups in total. The lowest BCUT2D eigenvalue weighted by Gasteiger charge is -2.22. The molecule has 7 heteroatoms. The van der Waals surface area contributed by atoms with E-state index in [9.17, 15) is 31.4 Å². The van der Waals surface area contributed by atoms with Crippen molar-refractivity contribution in [1.29, 1.82) is 0 Å². The molecule has 1 nitrogen and oxygen atoms in total. The van der Waals surface area contributed by atoms with Crippen LogP contribution in [0.15, 0.2) is 18.2 Å². The van der Waals surface area contributed by atoms with Crippen molar-refractivity contribution in [1.82, 2.24) is 0 Å². The number of aliphatic hydroxyl groups excluding tert-OH is 1.